The number of rotatable bonds is 7. The minimum Gasteiger partial charge on any atom is -0.476 e. The van der Waals surface area contributed by atoms with Crippen molar-refractivity contribution < 1.29 is 18.5 Å². The fourth-order valence-electron chi connectivity index (χ4n) is 4.17. The lowest BCUT2D eigenvalue weighted by molar-refractivity contribution is 0.0691. The Labute approximate surface area is 207 Å². The lowest BCUT2D eigenvalue weighted by Gasteiger charge is -2.09. The molecular formula is C26H20FN3O3S2. The molecule has 5 rings (SSSR count). The Kier molecular flexibility index (Phi) is 6.29. The van der Waals surface area contributed by atoms with E-state index in [-0.39, 0.29) is 11.5 Å². The van der Waals surface area contributed by atoms with E-state index in [1.165, 1.54) is 22.8 Å². The average Bonchev–Trinajstić information content (AvgIpc) is 3.47. The predicted octanol–water partition coefficient (Wildman–Crippen LogP) is 5.09. The molecular weight excluding hydrogens is 485 g/mol. The second-order valence-electron chi connectivity index (χ2n) is 8.04. The summed E-state index contributed by atoms with van der Waals surface area (Å²) in [5.41, 5.74) is 4.37. The van der Waals surface area contributed by atoms with Crippen LogP contribution < -0.4 is 5.14 Å². The summed E-state index contributed by atoms with van der Waals surface area (Å²) in [6.07, 6.45) is 2.92. The third-order valence-electron chi connectivity index (χ3n) is 5.80. The van der Waals surface area contributed by atoms with Gasteiger partial charge in [-0.3, -0.25) is 4.57 Å². The fraction of sp³-hybridized carbons (Fsp3) is 0.0769. The van der Waals surface area contributed by atoms with Gasteiger partial charge in [-0.25, -0.2) is 23.5 Å². The highest BCUT2D eigenvalue weighted by Crippen LogP contribution is 2.32. The summed E-state index contributed by atoms with van der Waals surface area (Å²) in [7, 11) is -1.55. The van der Waals surface area contributed by atoms with E-state index in [0.717, 1.165) is 27.6 Å². The first-order valence-electron chi connectivity index (χ1n) is 10.7. The number of fused-ring (bicyclic) bond motifs is 1. The van der Waals surface area contributed by atoms with E-state index < -0.39 is 17.0 Å². The summed E-state index contributed by atoms with van der Waals surface area (Å²) in [4.78, 5) is 16.2. The maximum absolute atomic E-state index is 14.5. The van der Waals surface area contributed by atoms with E-state index in [2.05, 4.69) is 4.98 Å². The summed E-state index contributed by atoms with van der Waals surface area (Å²) in [6.45, 7) is 0. The predicted molar refractivity (Wildman–Crippen MR) is 135 cm³/mol. The number of aromatic nitrogens is 2. The van der Waals surface area contributed by atoms with Gasteiger partial charge < -0.3 is 5.11 Å². The topological polar surface area (TPSA) is 98.2 Å². The smallest absolute Gasteiger partial charge is 0.355 e. The number of carbonyl (C=O) groups is 1. The van der Waals surface area contributed by atoms with Crippen LogP contribution >= 0.6 is 11.3 Å². The number of hydrogen-bond donors (Lipinski definition) is 2. The molecule has 0 aliphatic rings. The van der Waals surface area contributed by atoms with Crippen LogP contribution in [0.2, 0.25) is 0 Å². The maximum atomic E-state index is 14.5. The van der Waals surface area contributed by atoms with Gasteiger partial charge in [-0.15, -0.1) is 11.3 Å². The number of nitrogens with two attached hydrogens (primary N) is 1. The van der Waals surface area contributed by atoms with Crippen molar-refractivity contribution in [1.82, 2.24) is 9.55 Å². The Bertz CT molecular complexity index is 1570. The molecule has 176 valence electrons. The summed E-state index contributed by atoms with van der Waals surface area (Å²) < 4.78 is 27.9. The van der Waals surface area contributed by atoms with E-state index in [1.807, 2.05) is 47.2 Å². The van der Waals surface area contributed by atoms with Gasteiger partial charge in [-0.1, -0.05) is 42.5 Å². The third-order valence-corrected chi connectivity index (χ3v) is 7.38. The van der Waals surface area contributed by atoms with Crippen LogP contribution in [0.25, 0.3) is 16.0 Å². The van der Waals surface area contributed by atoms with Gasteiger partial charge in [0.15, 0.2) is 10.8 Å². The van der Waals surface area contributed by atoms with Crippen LogP contribution in [0.4, 0.5) is 4.39 Å². The number of aromatic carboxylic acids is 1. The van der Waals surface area contributed by atoms with Gasteiger partial charge in [-0.2, -0.15) is 0 Å². The van der Waals surface area contributed by atoms with E-state index >= 15 is 0 Å². The molecule has 0 bridgehead atoms. The van der Waals surface area contributed by atoms with Crippen molar-refractivity contribution in [1.29, 1.82) is 0 Å². The second-order valence-corrected chi connectivity index (χ2v) is 9.95. The Morgan fingerprint density at radius 2 is 1.74 bits per heavy atom. The second kappa shape index (κ2) is 9.53. The van der Waals surface area contributed by atoms with Crippen LogP contribution in [0, 0.1) is 5.82 Å². The van der Waals surface area contributed by atoms with Gasteiger partial charge in [0, 0.05) is 23.4 Å². The molecule has 2 heterocycles. The summed E-state index contributed by atoms with van der Waals surface area (Å²) >= 11 is 1.25. The first kappa shape index (κ1) is 23.1. The molecule has 2 aromatic heterocycles. The summed E-state index contributed by atoms with van der Waals surface area (Å²) in [5, 5.41) is 17.8. The van der Waals surface area contributed by atoms with Crippen LogP contribution in [0.15, 0.2) is 83.2 Å². The lowest BCUT2D eigenvalue weighted by atomic mass is 9.96. The third kappa shape index (κ3) is 4.66. The molecule has 0 amide bonds. The SMILES string of the molecule is NS(=O)c1ccc(Cc2cn(-c3nc(C(=O)O)cs3)c3cccc(Cc4ccccc4F)c23)cc1. The minimum atomic E-state index is -1.55. The number of thiazole rings is 1. The number of benzene rings is 3. The van der Waals surface area contributed by atoms with Crippen molar-refractivity contribution >= 4 is 39.2 Å². The number of halogens is 1. The maximum Gasteiger partial charge on any atom is 0.355 e. The Balaban J connectivity index is 1.65. The summed E-state index contributed by atoms with van der Waals surface area (Å²) in [6, 6.07) is 19.8. The van der Waals surface area contributed by atoms with Gasteiger partial charge in [-0.05, 0) is 52.9 Å². The van der Waals surface area contributed by atoms with Gasteiger partial charge >= 0.3 is 5.97 Å². The summed E-state index contributed by atoms with van der Waals surface area (Å²) in [5.74, 6) is -1.34. The molecule has 0 aliphatic carbocycles. The number of nitrogens with zero attached hydrogens (tertiary/aromatic N) is 2. The van der Waals surface area contributed by atoms with Gasteiger partial charge in [0.2, 0.25) is 0 Å². The van der Waals surface area contributed by atoms with Crippen molar-refractivity contribution in [3.63, 3.8) is 0 Å². The van der Waals surface area contributed by atoms with Gasteiger partial charge in [0.05, 0.1) is 10.4 Å². The van der Waals surface area contributed by atoms with Crippen LogP contribution in [-0.4, -0.2) is 24.8 Å². The first-order valence-corrected chi connectivity index (χ1v) is 12.8. The highest BCUT2D eigenvalue weighted by molar-refractivity contribution is 7.82. The molecule has 0 saturated heterocycles. The molecule has 1 atom stereocenters. The van der Waals surface area contributed by atoms with Crippen LogP contribution in [0.3, 0.4) is 0 Å². The molecule has 3 aromatic carbocycles. The largest absolute Gasteiger partial charge is 0.476 e. The van der Waals surface area contributed by atoms with E-state index in [9.17, 15) is 18.5 Å². The first-order chi connectivity index (χ1) is 16.9. The highest BCUT2D eigenvalue weighted by atomic mass is 32.2. The Hall–Kier alpha value is -3.66. The molecule has 3 N–H and O–H groups in total. The number of carboxylic acid groups (broad SMARTS) is 1. The highest BCUT2D eigenvalue weighted by Gasteiger charge is 2.18. The molecule has 1 unspecified atom stereocenters. The average molecular weight is 506 g/mol. The van der Waals surface area contributed by atoms with Crippen LogP contribution in [0.1, 0.15) is 32.7 Å². The molecule has 0 radical (unpaired) electrons. The van der Waals surface area contributed by atoms with Crippen molar-refractivity contribution in [3.05, 3.63) is 112 Å². The van der Waals surface area contributed by atoms with Crippen LogP contribution in [0.5, 0.6) is 0 Å². The zero-order chi connectivity index (χ0) is 24.5. The van der Waals surface area contributed by atoms with E-state index in [1.54, 1.807) is 24.3 Å². The van der Waals surface area contributed by atoms with Crippen molar-refractivity contribution in [2.75, 3.05) is 0 Å². The molecule has 9 heteroatoms. The van der Waals surface area contributed by atoms with Crippen LogP contribution in [-0.2, 0) is 23.8 Å². The van der Waals surface area contributed by atoms with E-state index in [0.29, 0.717) is 28.4 Å². The minimum absolute atomic E-state index is 0.0127. The van der Waals surface area contributed by atoms with Gasteiger partial charge in [0.1, 0.15) is 16.8 Å². The van der Waals surface area contributed by atoms with Crippen molar-refractivity contribution in [3.8, 4) is 5.13 Å². The molecule has 35 heavy (non-hydrogen) atoms. The zero-order valence-electron chi connectivity index (χ0n) is 18.3. The van der Waals surface area contributed by atoms with E-state index in [4.69, 9.17) is 5.14 Å². The molecule has 0 spiro atoms. The number of carboxylic acids is 1. The molecule has 5 aromatic rings. The standard InChI is InChI=1S/C26H20FN3O3S2/c27-21-6-2-1-4-17(21)13-18-5-3-7-23-24(18)19(12-16-8-10-20(11-9-16)35(28)33)14-30(23)26-29-22(15-34-26)25(31)32/h1-11,14-15H,12-13,28H2,(H,31,32). The Morgan fingerprint density at radius 1 is 1.00 bits per heavy atom. The Morgan fingerprint density at radius 3 is 2.43 bits per heavy atom. The van der Waals surface area contributed by atoms with Gasteiger partial charge in [0.25, 0.3) is 0 Å². The number of hydrogen-bond acceptors (Lipinski definition) is 4. The molecule has 6 nitrogen and oxygen atoms in total. The molecule has 0 aliphatic heterocycles. The quantitative estimate of drug-likeness (QED) is 0.322. The van der Waals surface area contributed by atoms with Crippen molar-refractivity contribution in [2.24, 2.45) is 5.14 Å². The normalized spacial score (nSPS) is 12.2. The monoisotopic (exact) mass is 505 g/mol. The zero-order valence-corrected chi connectivity index (χ0v) is 20.0. The molecule has 0 fully saturated rings. The fourth-order valence-corrected chi connectivity index (χ4v) is 5.36. The van der Waals surface area contributed by atoms with Crippen molar-refractivity contribution in [2.45, 2.75) is 17.7 Å². The molecule has 0 saturated carbocycles. The lowest BCUT2D eigenvalue weighted by Crippen LogP contribution is -2.02.